The number of halogens is 3. The van der Waals surface area contributed by atoms with E-state index in [-0.39, 0.29) is 17.9 Å². The molecule has 12 nitrogen and oxygen atoms in total. The number of aromatic amines is 2. The summed E-state index contributed by atoms with van der Waals surface area (Å²) in [6.07, 6.45) is 2.05. The zero-order valence-electron chi connectivity index (χ0n) is 27.9. The van der Waals surface area contributed by atoms with E-state index in [9.17, 15) is 22.8 Å². The van der Waals surface area contributed by atoms with Gasteiger partial charge in [-0.05, 0) is 60.4 Å². The van der Waals surface area contributed by atoms with Gasteiger partial charge in [0.25, 0.3) is 0 Å². The molecule has 2 aliphatic rings. The van der Waals surface area contributed by atoms with E-state index in [0.29, 0.717) is 12.6 Å². The molecule has 0 saturated carbocycles. The van der Waals surface area contributed by atoms with Crippen molar-refractivity contribution in [3.8, 4) is 33.6 Å². The predicted octanol–water partition coefficient (Wildman–Crippen LogP) is 6.24. The highest BCUT2D eigenvalue weighted by molar-refractivity contribution is 5.86. The monoisotopic (exact) mass is 695 g/mol. The molecule has 0 bridgehead atoms. The number of aliphatic carboxylic acids is 1. The quantitative estimate of drug-likeness (QED) is 0.145. The number of imidazole rings is 2. The van der Waals surface area contributed by atoms with Crippen molar-refractivity contribution in [2.24, 2.45) is 5.92 Å². The van der Waals surface area contributed by atoms with Gasteiger partial charge in [-0.3, -0.25) is 4.79 Å². The molecule has 0 radical (unpaired) electrons. The van der Waals surface area contributed by atoms with Gasteiger partial charge in [-0.15, -0.1) is 0 Å². The third-order valence-electron chi connectivity index (χ3n) is 8.79. The summed E-state index contributed by atoms with van der Waals surface area (Å²) in [7, 11) is 1.30. The Bertz CT molecular complexity index is 1760. The number of rotatable bonds is 8. The Kier molecular flexibility index (Phi) is 11.2. The first-order valence-corrected chi connectivity index (χ1v) is 16.3. The molecule has 2 saturated heterocycles. The predicted molar refractivity (Wildman–Crippen MR) is 179 cm³/mol. The number of carbonyl (C=O) groups excluding carboxylic acids is 2. The molecule has 6 rings (SSSR count). The molecular weight excluding hydrogens is 655 g/mol. The first-order valence-electron chi connectivity index (χ1n) is 16.3. The number of nitrogens with one attached hydrogen (secondary N) is 4. The van der Waals surface area contributed by atoms with Crippen LogP contribution in [0.5, 0.6) is 0 Å². The highest BCUT2D eigenvalue weighted by atomic mass is 19.4. The van der Waals surface area contributed by atoms with Crippen LogP contribution in [0.2, 0.25) is 0 Å². The van der Waals surface area contributed by atoms with E-state index in [1.807, 2.05) is 31.1 Å². The zero-order chi connectivity index (χ0) is 36.0. The van der Waals surface area contributed by atoms with Crippen molar-refractivity contribution in [3.63, 3.8) is 0 Å². The van der Waals surface area contributed by atoms with Gasteiger partial charge in [0, 0.05) is 6.54 Å². The summed E-state index contributed by atoms with van der Waals surface area (Å²) in [5, 5.41) is 13.3. The van der Waals surface area contributed by atoms with Crippen LogP contribution >= 0.6 is 0 Å². The van der Waals surface area contributed by atoms with Crippen molar-refractivity contribution in [2.45, 2.75) is 63.8 Å². The molecule has 2 amide bonds. The van der Waals surface area contributed by atoms with Crippen LogP contribution in [0.4, 0.5) is 18.0 Å². The standard InChI is InChI=1S/C33H39N7O3.C2HF3O2/c1-20(2)29(39-33(42)43-3)32(41)40-17-5-7-28(40)31-36-19-27(38-31)24-14-10-22(11-15-24)21-8-12-23(13-9-21)26-18-35-30(37-26)25-6-4-16-34-25;3-2(4,5)1(6)7/h8-15,18-20,25,28-29,34H,4-7,16-17H2,1-3H3,(H,35,37)(H,36,38)(H,39,42);(H,6,7)/t25-,28-,29-;/m0./s1. The van der Waals surface area contributed by atoms with Gasteiger partial charge in [0.1, 0.15) is 17.7 Å². The number of hydrogen-bond acceptors (Lipinski definition) is 7. The fourth-order valence-electron chi connectivity index (χ4n) is 6.11. The molecule has 0 aliphatic carbocycles. The number of aromatic nitrogens is 4. The Labute approximate surface area is 286 Å². The van der Waals surface area contributed by atoms with Gasteiger partial charge in [-0.25, -0.2) is 19.6 Å². The number of hydrogen-bond donors (Lipinski definition) is 5. The number of H-pyrrole nitrogens is 2. The summed E-state index contributed by atoms with van der Waals surface area (Å²) in [4.78, 5) is 52.2. The van der Waals surface area contributed by atoms with Crippen LogP contribution < -0.4 is 10.6 Å². The average molecular weight is 696 g/mol. The molecule has 2 fully saturated rings. The van der Waals surface area contributed by atoms with Crippen molar-refractivity contribution in [3.05, 3.63) is 72.6 Å². The lowest BCUT2D eigenvalue weighted by Crippen LogP contribution is -2.51. The normalized spacial score (nSPS) is 18.0. The molecule has 266 valence electrons. The van der Waals surface area contributed by atoms with Crippen LogP contribution in [-0.4, -0.2) is 80.3 Å². The third kappa shape index (κ3) is 8.51. The molecule has 3 atom stereocenters. The number of carboxylic acid groups (broad SMARTS) is 1. The molecule has 0 spiro atoms. The van der Waals surface area contributed by atoms with Crippen LogP contribution in [0.1, 0.15) is 63.3 Å². The van der Waals surface area contributed by atoms with E-state index in [0.717, 1.165) is 71.1 Å². The van der Waals surface area contributed by atoms with E-state index in [1.165, 1.54) is 13.5 Å². The summed E-state index contributed by atoms with van der Waals surface area (Å²) in [6, 6.07) is 16.4. The average Bonchev–Trinajstić information content (AvgIpc) is 3.93. The maximum atomic E-state index is 13.4. The molecule has 50 heavy (non-hydrogen) atoms. The fourth-order valence-corrected chi connectivity index (χ4v) is 6.11. The Morgan fingerprint density at radius 2 is 1.40 bits per heavy atom. The van der Waals surface area contributed by atoms with Gasteiger partial charge in [-0.2, -0.15) is 13.2 Å². The lowest BCUT2D eigenvalue weighted by molar-refractivity contribution is -0.192. The number of methoxy groups -OCH3 is 1. The second kappa shape index (κ2) is 15.6. The van der Waals surface area contributed by atoms with E-state index in [2.05, 4.69) is 79.1 Å². The van der Waals surface area contributed by atoms with E-state index >= 15 is 0 Å². The van der Waals surface area contributed by atoms with Crippen molar-refractivity contribution >= 4 is 18.0 Å². The zero-order valence-corrected chi connectivity index (χ0v) is 27.9. The number of amides is 2. The van der Waals surface area contributed by atoms with Crippen molar-refractivity contribution in [1.82, 2.24) is 35.5 Å². The van der Waals surface area contributed by atoms with Crippen LogP contribution in [0.3, 0.4) is 0 Å². The first-order chi connectivity index (χ1) is 23.8. The first kappa shape index (κ1) is 36.1. The summed E-state index contributed by atoms with van der Waals surface area (Å²) in [5.74, 6) is -1.18. The number of alkyl halides is 3. The lowest BCUT2D eigenvalue weighted by atomic mass is 10.0. The highest BCUT2D eigenvalue weighted by Gasteiger charge is 2.39. The number of alkyl carbamates (subject to hydrolysis) is 1. The summed E-state index contributed by atoms with van der Waals surface area (Å²) in [5.41, 5.74) is 6.33. The number of benzene rings is 2. The number of carbonyl (C=O) groups is 3. The summed E-state index contributed by atoms with van der Waals surface area (Å²) < 4.78 is 36.5. The number of likely N-dealkylation sites (tertiary alicyclic amines) is 1. The fraction of sp³-hybridized carbons (Fsp3) is 0.400. The van der Waals surface area contributed by atoms with Crippen LogP contribution in [0, 0.1) is 5.92 Å². The topological polar surface area (TPSA) is 165 Å². The number of nitrogens with zero attached hydrogens (tertiary/aromatic N) is 3. The van der Waals surface area contributed by atoms with Gasteiger partial charge in [0.2, 0.25) is 5.91 Å². The van der Waals surface area contributed by atoms with E-state index in [4.69, 9.17) is 14.6 Å². The maximum Gasteiger partial charge on any atom is 0.490 e. The smallest absolute Gasteiger partial charge is 0.475 e. The van der Waals surface area contributed by atoms with Gasteiger partial charge in [-0.1, -0.05) is 62.4 Å². The molecule has 5 N–H and O–H groups in total. The third-order valence-corrected chi connectivity index (χ3v) is 8.79. The van der Waals surface area contributed by atoms with Crippen LogP contribution in [0.15, 0.2) is 60.9 Å². The second-order valence-electron chi connectivity index (χ2n) is 12.5. The lowest BCUT2D eigenvalue weighted by Gasteiger charge is -2.30. The SMILES string of the molecule is COC(=O)N[C@H](C(=O)N1CCC[C@H]1c1ncc(-c2ccc(-c3ccc(-c4cnc([C@@H]5CCCN5)[nH]4)cc3)cc2)[nH]1)C(C)C.O=C(O)C(F)(F)F. The highest BCUT2D eigenvalue weighted by Crippen LogP contribution is 2.33. The van der Waals surface area contributed by atoms with E-state index < -0.39 is 24.3 Å². The molecule has 4 aromatic rings. The van der Waals surface area contributed by atoms with Crippen molar-refractivity contribution in [2.75, 3.05) is 20.2 Å². The summed E-state index contributed by atoms with van der Waals surface area (Å²) in [6.45, 7) is 5.50. The second-order valence-corrected chi connectivity index (χ2v) is 12.5. The minimum atomic E-state index is -5.08. The molecule has 2 aromatic heterocycles. The van der Waals surface area contributed by atoms with Gasteiger partial charge in [0.15, 0.2) is 0 Å². The molecule has 2 aliphatic heterocycles. The van der Waals surface area contributed by atoms with E-state index in [1.54, 1.807) is 0 Å². The Balaban J connectivity index is 0.000000630. The minimum Gasteiger partial charge on any atom is -0.475 e. The number of carboxylic acids is 1. The largest absolute Gasteiger partial charge is 0.490 e. The summed E-state index contributed by atoms with van der Waals surface area (Å²) >= 11 is 0. The van der Waals surface area contributed by atoms with Gasteiger partial charge >= 0.3 is 18.2 Å². The van der Waals surface area contributed by atoms with Crippen LogP contribution in [0.25, 0.3) is 33.6 Å². The van der Waals surface area contributed by atoms with Gasteiger partial charge < -0.3 is 35.3 Å². The molecule has 0 unspecified atom stereocenters. The van der Waals surface area contributed by atoms with Crippen molar-refractivity contribution < 1.29 is 37.4 Å². The van der Waals surface area contributed by atoms with Crippen LogP contribution in [-0.2, 0) is 14.3 Å². The number of ether oxygens (including phenoxy) is 1. The molecule has 4 heterocycles. The molecule has 2 aromatic carbocycles. The van der Waals surface area contributed by atoms with Crippen molar-refractivity contribution in [1.29, 1.82) is 0 Å². The Hall–Kier alpha value is -5.18. The van der Waals surface area contributed by atoms with Gasteiger partial charge in [0.05, 0.1) is 43.0 Å². The maximum absolute atomic E-state index is 13.4. The molecule has 15 heteroatoms. The molecular formula is C35H40F3N7O5. The minimum absolute atomic E-state index is 0.0767. The Morgan fingerprint density at radius 1 is 0.880 bits per heavy atom. The Morgan fingerprint density at radius 3 is 1.88 bits per heavy atom.